The first-order valence-electron chi connectivity index (χ1n) is 4.69. The molecular weight excluding hydrogens is 190 g/mol. The molecule has 4 nitrogen and oxygen atoms in total. The Bertz CT molecular complexity index is 447. The fraction of sp³-hybridized carbons (Fsp3) is 0.182. The van der Waals surface area contributed by atoms with Gasteiger partial charge in [-0.05, 0) is 17.7 Å². The van der Waals surface area contributed by atoms with Crippen LogP contribution in [0.2, 0.25) is 0 Å². The summed E-state index contributed by atoms with van der Waals surface area (Å²) in [5, 5.41) is 14.0. The molecule has 0 aliphatic heterocycles. The van der Waals surface area contributed by atoms with Crippen molar-refractivity contribution >= 4 is 5.69 Å². The Morgan fingerprint density at radius 3 is 2.47 bits per heavy atom. The molecule has 15 heavy (non-hydrogen) atoms. The minimum atomic E-state index is -0.640. The normalized spacial score (nSPS) is 12.7. The maximum absolute atomic E-state index is 10.0. The van der Waals surface area contributed by atoms with Gasteiger partial charge in [0.15, 0.2) is 0 Å². The third-order valence-corrected chi connectivity index (χ3v) is 2.29. The molecular formula is C11H13N3O. The van der Waals surface area contributed by atoms with Crippen molar-refractivity contribution in [2.75, 3.05) is 5.73 Å². The zero-order chi connectivity index (χ0) is 10.8. The van der Waals surface area contributed by atoms with Gasteiger partial charge >= 0.3 is 0 Å². The van der Waals surface area contributed by atoms with Crippen LogP contribution in [0.25, 0.3) is 0 Å². The second-order valence-corrected chi connectivity index (χ2v) is 3.52. The van der Waals surface area contributed by atoms with Crippen LogP contribution < -0.4 is 5.73 Å². The molecule has 0 radical (unpaired) electrons. The Hall–Kier alpha value is -1.81. The number of aliphatic hydroxyl groups excluding tert-OH is 1. The van der Waals surface area contributed by atoms with E-state index in [1.165, 1.54) is 0 Å². The summed E-state index contributed by atoms with van der Waals surface area (Å²) in [5.74, 6) is 0. The lowest BCUT2D eigenvalue weighted by atomic mass is 10.0. The Kier molecular flexibility index (Phi) is 2.43. The lowest BCUT2D eigenvalue weighted by Crippen LogP contribution is -1.98. The van der Waals surface area contributed by atoms with Gasteiger partial charge in [0.25, 0.3) is 0 Å². The molecule has 78 valence electrons. The molecule has 3 N–H and O–H groups in total. The molecule has 0 saturated carbocycles. The number of nitrogens with zero attached hydrogens (tertiary/aromatic N) is 2. The van der Waals surface area contributed by atoms with Crippen LogP contribution in [0.1, 0.15) is 17.2 Å². The number of anilines is 1. The molecule has 0 saturated heterocycles. The van der Waals surface area contributed by atoms with E-state index >= 15 is 0 Å². The molecule has 0 amide bonds. The van der Waals surface area contributed by atoms with E-state index in [1.807, 2.05) is 19.2 Å². The highest BCUT2D eigenvalue weighted by Crippen LogP contribution is 2.21. The second kappa shape index (κ2) is 3.74. The average Bonchev–Trinajstić information content (AvgIpc) is 2.65. The van der Waals surface area contributed by atoms with Gasteiger partial charge in [-0.3, -0.25) is 4.68 Å². The third kappa shape index (κ3) is 1.99. The zero-order valence-corrected chi connectivity index (χ0v) is 8.46. The molecule has 2 rings (SSSR count). The number of aromatic nitrogens is 2. The van der Waals surface area contributed by atoms with Crippen molar-refractivity contribution in [2.45, 2.75) is 6.10 Å². The first-order valence-corrected chi connectivity index (χ1v) is 4.69. The lowest BCUT2D eigenvalue weighted by molar-refractivity contribution is 0.220. The van der Waals surface area contributed by atoms with Crippen LogP contribution in [-0.2, 0) is 7.05 Å². The summed E-state index contributed by atoms with van der Waals surface area (Å²) in [5.41, 5.74) is 7.86. The standard InChI is InChI=1S/C11H13N3O/c1-14-7-9(6-13-14)11(15)8-2-4-10(12)5-3-8/h2-7,11,15H,12H2,1H3. The van der Waals surface area contributed by atoms with E-state index in [0.717, 1.165) is 11.1 Å². The summed E-state index contributed by atoms with van der Waals surface area (Å²) in [6.07, 6.45) is 2.81. The predicted octanol–water partition coefficient (Wildman–Crippen LogP) is 1.08. The van der Waals surface area contributed by atoms with E-state index in [0.29, 0.717) is 5.69 Å². The number of aliphatic hydroxyl groups is 1. The SMILES string of the molecule is Cn1cc(C(O)c2ccc(N)cc2)cn1. The first-order chi connectivity index (χ1) is 7.16. The predicted molar refractivity (Wildman–Crippen MR) is 58.1 cm³/mol. The van der Waals surface area contributed by atoms with E-state index in [2.05, 4.69) is 5.10 Å². The molecule has 1 atom stereocenters. The monoisotopic (exact) mass is 203 g/mol. The summed E-state index contributed by atoms with van der Waals surface area (Å²) in [6, 6.07) is 7.17. The summed E-state index contributed by atoms with van der Waals surface area (Å²) in [6.45, 7) is 0. The number of benzene rings is 1. The van der Waals surface area contributed by atoms with E-state index in [-0.39, 0.29) is 0 Å². The van der Waals surface area contributed by atoms with Crippen molar-refractivity contribution in [3.8, 4) is 0 Å². The van der Waals surface area contributed by atoms with Crippen molar-refractivity contribution < 1.29 is 5.11 Å². The molecule has 4 heteroatoms. The fourth-order valence-corrected chi connectivity index (χ4v) is 1.45. The summed E-state index contributed by atoms with van der Waals surface area (Å²) in [7, 11) is 1.82. The molecule has 0 spiro atoms. The van der Waals surface area contributed by atoms with Gasteiger partial charge in [-0.15, -0.1) is 0 Å². The number of nitrogens with two attached hydrogens (primary N) is 1. The van der Waals surface area contributed by atoms with E-state index in [9.17, 15) is 5.11 Å². The van der Waals surface area contributed by atoms with Gasteiger partial charge < -0.3 is 10.8 Å². The van der Waals surface area contributed by atoms with Gasteiger partial charge in [-0.25, -0.2) is 0 Å². The van der Waals surface area contributed by atoms with Crippen LogP contribution in [-0.4, -0.2) is 14.9 Å². The van der Waals surface area contributed by atoms with Gasteiger partial charge in [0.05, 0.1) is 6.20 Å². The number of nitrogen functional groups attached to an aromatic ring is 1. The molecule has 1 aromatic carbocycles. The van der Waals surface area contributed by atoms with E-state index in [1.54, 1.807) is 29.2 Å². The molecule has 0 aliphatic carbocycles. The Morgan fingerprint density at radius 1 is 1.27 bits per heavy atom. The topological polar surface area (TPSA) is 64.1 Å². The van der Waals surface area contributed by atoms with Crippen molar-refractivity contribution in [2.24, 2.45) is 7.05 Å². The van der Waals surface area contributed by atoms with Crippen molar-refractivity contribution in [3.63, 3.8) is 0 Å². The van der Waals surface area contributed by atoms with Crippen LogP contribution in [0.15, 0.2) is 36.7 Å². The Balaban J connectivity index is 2.28. The van der Waals surface area contributed by atoms with Gasteiger partial charge in [0, 0.05) is 24.5 Å². The first kappa shape index (κ1) is 9.73. The van der Waals surface area contributed by atoms with Gasteiger partial charge in [-0.2, -0.15) is 5.10 Å². The lowest BCUT2D eigenvalue weighted by Gasteiger charge is -2.08. The number of hydrogen-bond donors (Lipinski definition) is 2. The number of aryl methyl sites for hydroxylation is 1. The second-order valence-electron chi connectivity index (χ2n) is 3.52. The summed E-state index contributed by atoms with van der Waals surface area (Å²) >= 11 is 0. The van der Waals surface area contributed by atoms with Crippen LogP contribution in [0.5, 0.6) is 0 Å². The maximum Gasteiger partial charge on any atom is 0.107 e. The van der Waals surface area contributed by atoms with Crippen molar-refractivity contribution in [1.29, 1.82) is 0 Å². The van der Waals surface area contributed by atoms with Gasteiger partial charge in [-0.1, -0.05) is 12.1 Å². The van der Waals surface area contributed by atoms with Crippen LogP contribution in [0.3, 0.4) is 0 Å². The Labute approximate surface area is 88.0 Å². The van der Waals surface area contributed by atoms with Crippen molar-refractivity contribution in [3.05, 3.63) is 47.8 Å². The van der Waals surface area contributed by atoms with Crippen LogP contribution in [0.4, 0.5) is 5.69 Å². The Morgan fingerprint density at radius 2 is 1.93 bits per heavy atom. The number of hydrogen-bond acceptors (Lipinski definition) is 3. The minimum absolute atomic E-state index is 0.640. The minimum Gasteiger partial charge on any atom is -0.399 e. The fourth-order valence-electron chi connectivity index (χ4n) is 1.45. The molecule has 1 heterocycles. The largest absolute Gasteiger partial charge is 0.399 e. The molecule has 0 aliphatic rings. The van der Waals surface area contributed by atoms with Crippen LogP contribution >= 0.6 is 0 Å². The molecule has 1 aromatic heterocycles. The van der Waals surface area contributed by atoms with Gasteiger partial charge in [0.1, 0.15) is 6.10 Å². The highest BCUT2D eigenvalue weighted by molar-refractivity contribution is 5.41. The molecule has 0 fully saturated rings. The summed E-state index contributed by atoms with van der Waals surface area (Å²) in [4.78, 5) is 0. The maximum atomic E-state index is 10.0. The third-order valence-electron chi connectivity index (χ3n) is 2.29. The number of rotatable bonds is 2. The smallest absolute Gasteiger partial charge is 0.107 e. The molecule has 1 unspecified atom stereocenters. The summed E-state index contributed by atoms with van der Waals surface area (Å²) < 4.78 is 1.66. The van der Waals surface area contributed by atoms with E-state index < -0.39 is 6.10 Å². The quantitative estimate of drug-likeness (QED) is 0.718. The van der Waals surface area contributed by atoms with Gasteiger partial charge in [0.2, 0.25) is 0 Å². The van der Waals surface area contributed by atoms with E-state index in [4.69, 9.17) is 5.73 Å². The molecule has 0 bridgehead atoms. The van der Waals surface area contributed by atoms with Crippen LogP contribution in [0, 0.1) is 0 Å². The average molecular weight is 203 g/mol. The highest BCUT2D eigenvalue weighted by atomic mass is 16.3. The zero-order valence-electron chi connectivity index (χ0n) is 8.46. The van der Waals surface area contributed by atoms with Crippen molar-refractivity contribution in [1.82, 2.24) is 9.78 Å². The molecule has 2 aromatic rings. The highest BCUT2D eigenvalue weighted by Gasteiger charge is 2.11.